The minimum atomic E-state index is -4.29. The van der Waals surface area contributed by atoms with Gasteiger partial charge in [-0.1, -0.05) is 17.9 Å². The Morgan fingerprint density at radius 1 is 1.16 bits per heavy atom. The molecular weight excluding hydrogens is 354 g/mol. The van der Waals surface area contributed by atoms with Crippen LogP contribution in [0.4, 0.5) is 14.5 Å². The van der Waals surface area contributed by atoms with E-state index in [1.54, 1.807) is 4.72 Å². The zero-order valence-electron chi connectivity index (χ0n) is 12.5. The first-order valence-electron chi connectivity index (χ1n) is 6.90. The lowest BCUT2D eigenvalue weighted by atomic mass is 10.1. The van der Waals surface area contributed by atoms with Gasteiger partial charge in [0.05, 0.1) is 5.56 Å². The monoisotopic (exact) mass is 364 g/mol. The molecule has 0 radical (unpaired) electrons. The van der Waals surface area contributed by atoms with Gasteiger partial charge in [0.2, 0.25) is 0 Å². The zero-order chi connectivity index (χ0) is 18.2. The Bertz CT molecular complexity index is 1040. The lowest BCUT2D eigenvalue weighted by Gasteiger charge is -2.17. The van der Waals surface area contributed by atoms with Crippen molar-refractivity contribution in [1.82, 2.24) is 4.72 Å². The molecule has 2 aromatic carbocycles. The average Bonchev–Trinajstić information content (AvgIpc) is 2.79. The van der Waals surface area contributed by atoms with E-state index in [-0.39, 0.29) is 5.56 Å². The summed E-state index contributed by atoms with van der Waals surface area (Å²) in [7, 11) is -4.29. The Labute approximate surface area is 141 Å². The van der Waals surface area contributed by atoms with E-state index in [0.717, 1.165) is 18.2 Å². The maximum absolute atomic E-state index is 14.7. The summed E-state index contributed by atoms with van der Waals surface area (Å²) in [4.78, 5) is 11.3. The number of phenols is 1. The van der Waals surface area contributed by atoms with E-state index in [0.29, 0.717) is 9.87 Å². The highest BCUT2D eigenvalue weighted by atomic mass is 32.2. The smallest absolute Gasteiger partial charge is 0.326 e. The van der Waals surface area contributed by atoms with Gasteiger partial charge in [-0.2, -0.15) is 8.42 Å². The first-order chi connectivity index (χ1) is 11.8. The third kappa shape index (κ3) is 3.25. The van der Waals surface area contributed by atoms with Crippen LogP contribution in [0, 0.1) is 23.5 Å². The van der Waals surface area contributed by atoms with E-state index in [9.17, 15) is 27.1 Å². The average molecular weight is 364 g/mol. The molecule has 0 aromatic heterocycles. The molecule has 1 aliphatic rings. The Balaban J connectivity index is 2.06. The van der Waals surface area contributed by atoms with Gasteiger partial charge in [0.25, 0.3) is 5.91 Å². The SMILES string of the molecule is O=C1CN(c2c(O)ccc(C#Cc3cccc(F)c3)c2F)S(=O)(=O)N1. The second kappa shape index (κ2) is 6.07. The van der Waals surface area contributed by atoms with Crippen molar-refractivity contribution in [3.63, 3.8) is 0 Å². The first kappa shape index (κ1) is 16.7. The second-order valence-electron chi connectivity index (χ2n) is 5.09. The molecule has 1 heterocycles. The number of phenolic OH excluding ortho intramolecular Hbond substituents is 1. The Hall–Kier alpha value is -3.12. The summed E-state index contributed by atoms with van der Waals surface area (Å²) < 4.78 is 53.6. The molecule has 25 heavy (non-hydrogen) atoms. The molecule has 0 bridgehead atoms. The predicted molar refractivity (Wildman–Crippen MR) is 84.9 cm³/mol. The Morgan fingerprint density at radius 2 is 1.92 bits per heavy atom. The molecule has 128 valence electrons. The summed E-state index contributed by atoms with van der Waals surface area (Å²) in [5.74, 6) is 1.88. The number of nitrogens with one attached hydrogen (secondary N) is 1. The van der Waals surface area contributed by atoms with Crippen molar-refractivity contribution < 1.29 is 27.1 Å². The van der Waals surface area contributed by atoms with Crippen LogP contribution in [0.15, 0.2) is 36.4 Å². The van der Waals surface area contributed by atoms with Crippen LogP contribution in [0.5, 0.6) is 5.75 Å². The third-order valence-electron chi connectivity index (χ3n) is 3.33. The fourth-order valence-corrected chi connectivity index (χ4v) is 3.40. The molecule has 2 N–H and O–H groups in total. The molecular formula is C16H10F2N2O4S. The van der Waals surface area contributed by atoms with Crippen LogP contribution in [-0.2, 0) is 15.0 Å². The lowest BCUT2D eigenvalue weighted by Crippen LogP contribution is -2.30. The van der Waals surface area contributed by atoms with Gasteiger partial charge in [0.1, 0.15) is 23.8 Å². The summed E-state index contributed by atoms with van der Waals surface area (Å²) >= 11 is 0. The standard InChI is InChI=1S/C16H10F2N2O4S/c17-12-3-1-2-10(8-12)4-5-11-6-7-13(21)16(15(11)18)20-9-14(22)19-25(20,23)24/h1-3,6-8,21H,9H2,(H,19,22). The molecule has 0 saturated carbocycles. The summed E-state index contributed by atoms with van der Waals surface area (Å²) in [6.07, 6.45) is 0. The van der Waals surface area contributed by atoms with Crippen molar-refractivity contribution in [1.29, 1.82) is 0 Å². The van der Waals surface area contributed by atoms with Crippen LogP contribution in [0.25, 0.3) is 0 Å². The summed E-state index contributed by atoms with van der Waals surface area (Å²) in [6, 6.07) is 7.55. The molecule has 0 aliphatic carbocycles. The van der Waals surface area contributed by atoms with Gasteiger partial charge in [0, 0.05) is 5.56 Å². The van der Waals surface area contributed by atoms with E-state index in [2.05, 4.69) is 11.8 Å². The summed E-state index contributed by atoms with van der Waals surface area (Å²) in [6.45, 7) is -0.659. The van der Waals surface area contributed by atoms with Crippen LogP contribution < -0.4 is 9.03 Å². The van der Waals surface area contributed by atoms with Gasteiger partial charge in [-0.25, -0.2) is 17.8 Å². The lowest BCUT2D eigenvalue weighted by molar-refractivity contribution is -0.117. The van der Waals surface area contributed by atoms with Crippen LogP contribution in [0.1, 0.15) is 11.1 Å². The van der Waals surface area contributed by atoms with Crippen molar-refractivity contribution in [3.05, 3.63) is 59.2 Å². The Morgan fingerprint density at radius 3 is 2.56 bits per heavy atom. The van der Waals surface area contributed by atoms with Crippen molar-refractivity contribution in [2.75, 3.05) is 10.8 Å². The van der Waals surface area contributed by atoms with Gasteiger partial charge in [-0.15, -0.1) is 0 Å². The minimum Gasteiger partial charge on any atom is -0.506 e. The fraction of sp³-hybridized carbons (Fsp3) is 0.0625. The topological polar surface area (TPSA) is 86.7 Å². The molecule has 0 spiro atoms. The van der Waals surface area contributed by atoms with E-state index >= 15 is 0 Å². The number of carbonyl (C=O) groups is 1. The fourth-order valence-electron chi connectivity index (χ4n) is 2.24. The van der Waals surface area contributed by atoms with Gasteiger partial charge < -0.3 is 5.11 Å². The number of hydrogen-bond donors (Lipinski definition) is 2. The second-order valence-corrected chi connectivity index (χ2v) is 6.69. The van der Waals surface area contributed by atoms with Crippen LogP contribution >= 0.6 is 0 Å². The van der Waals surface area contributed by atoms with E-state index < -0.39 is 45.7 Å². The highest BCUT2D eigenvalue weighted by Gasteiger charge is 2.37. The number of benzene rings is 2. The molecule has 1 amide bonds. The number of anilines is 1. The summed E-state index contributed by atoms with van der Waals surface area (Å²) in [5.41, 5.74) is -0.601. The third-order valence-corrected chi connectivity index (χ3v) is 4.71. The molecule has 0 atom stereocenters. The maximum atomic E-state index is 14.7. The molecule has 2 aromatic rings. The van der Waals surface area contributed by atoms with Gasteiger partial charge in [-0.05, 0) is 30.3 Å². The molecule has 1 fully saturated rings. The number of hydrogen-bond acceptors (Lipinski definition) is 4. The van der Waals surface area contributed by atoms with E-state index in [1.165, 1.54) is 18.2 Å². The van der Waals surface area contributed by atoms with Crippen LogP contribution in [0.2, 0.25) is 0 Å². The van der Waals surface area contributed by atoms with Crippen LogP contribution in [-0.4, -0.2) is 26.0 Å². The number of nitrogens with zero attached hydrogens (tertiary/aromatic N) is 1. The normalized spacial score (nSPS) is 15.4. The van der Waals surface area contributed by atoms with Gasteiger partial charge >= 0.3 is 10.2 Å². The predicted octanol–water partition coefficient (Wildman–Crippen LogP) is 1.25. The molecule has 0 unspecified atom stereocenters. The van der Waals surface area contributed by atoms with Gasteiger partial charge in [-0.3, -0.25) is 4.79 Å². The number of rotatable bonds is 1. The van der Waals surface area contributed by atoms with Crippen molar-refractivity contribution in [3.8, 4) is 17.6 Å². The molecule has 1 saturated heterocycles. The minimum absolute atomic E-state index is 0.216. The molecule has 3 rings (SSSR count). The molecule has 1 aliphatic heterocycles. The quantitative estimate of drug-likeness (QED) is 0.746. The number of carbonyl (C=O) groups excluding carboxylic acids is 1. The molecule has 6 nitrogen and oxygen atoms in total. The van der Waals surface area contributed by atoms with E-state index in [1.807, 2.05) is 0 Å². The van der Waals surface area contributed by atoms with Crippen LogP contribution in [0.3, 0.4) is 0 Å². The van der Waals surface area contributed by atoms with Crippen molar-refractivity contribution >= 4 is 21.8 Å². The van der Waals surface area contributed by atoms with Crippen molar-refractivity contribution in [2.45, 2.75) is 0 Å². The zero-order valence-corrected chi connectivity index (χ0v) is 13.3. The van der Waals surface area contributed by atoms with E-state index in [4.69, 9.17) is 0 Å². The number of halogens is 2. The first-order valence-corrected chi connectivity index (χ1v) is 8.34. The Kier molecular flexibility index (Phi) is 4.06. The highest BCUT2D eigenvalue weighted by Crippen LogP contribution is 2.34. The van der Waals surface area contributed by atoms with Gasteiger partial charge in [0.15, 0.2) is 5.82 Å². The molecule has 9 heteroatoms. The number of amides is 1. The maximum Gasteiger partial charge on any atom is 0.326 e. The highest BCUT2D eigenvalue weighted by molar-refractivity contribution is 7.92. The summed E-state index contributed by atoms with van der Waals surface area (Å²) in [5, 5.41) is 9.83. The van der Waals surface area contributed by atoms with Crippen molar-refractivity contribution in [2.24, 2.45) is 0 Å². The largest absolute Gasteiger partial charge is 0.506 e. The number of aromatic hydroxyl groups is 1.